The molecule has 33 heavy (non-hydrogen) atoms. The Morgan fingerprint density at radius 3 is 2.64 bits per heavy atom. The van der Waals surface area contributed by atoms with E-state index in [2.05, 4.69) is 20.6 Å². The number of hydrogen-bond acceptors (Lipinski definition) is 5. The Morgan fingerprint density at radius 2 is 1.88 bits per heavy atom. The van der Waals surface area contributed by atoms with Crippen LogP contribution in [0.4, 0.5) is 5.69 Å². The summed E-state index contributed by atoms with van der Waals surface area (Å²) in [7, 11) is 0. The van der Waals surface area contributed by atoms with Gasteiger partial charge in [0, 0.05) is 30.0 Å². The van der Waals surface area contributed by atoms with Crippen LogP contribution in [0.3, 0.4) is 0 Å². The summed E-state index contributed by atoms with van der Waals surface area (Å²) >= 11 is 5.99. The van der Waals surface area contributed by atoms with E-state index in [0.717, 1.165) is 11.1 Å². The van der Waals surface area contributed by atoms with Gasteiger partial charge in [0.05, 0.1) is 17.4 Å². The lowest BCUT2D eigenvalue weighted by atomic mass is 9.95. The van der Waals surface area contributed by atoms with Gasteiger partial charge in [-0.3, -0.25) is 19.4 Å². The molecular weight excluding hydrogens is 442 g/mol. The number of amides is 3. The highest BCUT2D eigenvalue weighted by molar-refractivity contribution is 6.30. The molecule has 9 heteroatoms. The zero-order valence-corrected chi connectivity index (χ0v) is 18.2. The first-order valence-electron chi connectivity index (χ1n) is 10.6. The van der Waals surface area contributed by atoms with Gasteiger partial charge in [0.2, 0.25) is 5.91 Å². The average Bonchev–Trinajstić information content (AvgIpc) is 2.94. The number of rotatable bonds is 3. The van der Waals surface area contributed by atoms with E-state index < -0.39 is 6.04 Å². The number of nitrogens with zero attached hydrogens (tertiary/aromatic N) is 3. The molecule has 3 heterocycles. The second-order valence-corrected chi connectivity index (χ2v) is 8.49. The monoisotopic (exact) mass is 461 g/mol. The van der Waals surface area contributed by atoms with Gasteiger partial charge >= 0.3 is 0 Å². The smallest absolute Gasteiger partial charge is 0.271 e. The molecule has 3 aromatic rings. The van der Waals surface area contributed by atoms with Crippen molar-refractivity contribution in [2.75, 3.05) is 11.9 Å². The molecular formula is C24H20ClN5O3. The molecule has 0 aliphatic carbocycles. The number of benzene rings is 2. The highest BCUT2D eigenvalue weighted by Crippen LogP contribution is 2.32. The van der Waals surface area contributed by atoms with Crippen LogP contribution in [0.15, 0.2) is 61.1 Å². The first kappa shape index (κ1) is 21.1. The molecule has 1 saturated heterocycles. The lowest BCUT2D eigenvalue weighted by molar-refractivity contribution is -0.121. The first-order chi connectivity index (χ1) is 16.0. The second kappa shape index (κ2) is 8.63. The van der Waals surface area contributed by atoms with Crippen molar-refractivity contribution in [3.05, 3.63) is 77.3 Å². The van der Waals surface area contributed by atoms with Crippen molar-refractivity contribution < 1.29 is 14.4 Å². The molecule has 2 unspecified atom stereocenters. The Bertz CT molecular complexity index is 1230. The van der Waals surface area contributed by atoms with E-state index in [1.165, 1.54) is 18.6 Å². The second-order valence-electron chi connectivity index (χ2n) is 8.06. The lowest BCUT2D eigenvalue weighted by Gasteiger charge is -2.37. The zero-order valence-electron chi connectivity index (χ0n) is 17.5. The van der Waals surface area contributed by atoms with Crippen LogP contribution in [0.1, 0.15) is 33.7 Å². The number of aromatic nitrogens is 2. The predicted octanol–water partition coefficient (Wildman–Crippen LogP) is 3.15. The summed E-state index contributed by atoms with van der Waals surface area (Å²) in [5.41, 5.74) is 2.92. The number of halogens is 1. The molecule has 1 aromatic heterocycles. The van der Waals surface area contributed by atoms with Crippen molar-refractivity contribution in [2.24, 2.45) is 0 Å². The van der Waals surface area contributed by atoms with Crippen molar-refractivity contribution in [3.8, 4) is 11.1 Å². The largest absolute Gasteiger partial charge is 0.348 e. The van der Waals surface area contributed by atoms with Gasteiger partial charge in [0.25, 0.3) is 11.8 Å². The fraction of sp³-hybridized carbons (Fsp3) is 0.208. The molecule has 2 aliphatic rings. The van der Waals surface area contributed by atoms with Gasteiger partial charge in [0.15, 0.2) is 0 Å². The van der Waals surface area contributed by atoms with Gasteiger partial charge in [-0.15, -0.1) is 0 Å². The van der Waals surface area contributed by atoms with Crippen LogP contribution >= 0.6 is 11.6 Å². The van der Waals surface area contributed by atoms with Crippen LogP contribution in [0, 0.1) is 0 Å². The summed E-state index contributed by atoms with van der Waals surface area (Å²) in [5, 5.41) is 6.43. The Morgan fingerprint density at radius 1 is 1.09 bits per heavy atom. The van der Waals surface area contributed by atoms with E-state index in [0.29, 0.717) is 35.7 Å². The molecule has 5 rings (SSSR count). The van der Waals surface area contributed by atoms with Gasteiger partial charge in [-0.2, -0.15) is 0 Å². The number of nitrogens with one attached hydrogen (secondary N) is 2. The third kappa shape index (κ3) is 4.17. The van der Waals surface area contributed by atoms with Crippen LogP contribution < -0.4 is 10.6 Å². The van der Waals surface area contributed by atoms with E-state index in [1.54, 1.807) is 29.2 Å². The van der Waals surface area contributed by atoms with Crippen LogP contribution in [0.5, 0.6) is 0 Å². The summed E-state index contributed by atoms with van der Waals surface area (Å²) in [6.07, 6.45) is 5.19. The van der Waals surface area contributed by atoms with E-state index in [-0.39, 0.29) is 29.5 Å². The number of carbonyl (C=O) groups is 3. The van der Waals surface area contributed by atoms with Gasteiger partial charge in [-0.25, -0.2) is 4.98 Å². The molecule has 8 nitrogen and oxygen atoms in total. The minimum absolute atomic E-state index is 0.206. The van der Waals surface area contributed by atoms with Gasteiger partial charge in [-0.05, 0) is 48.2 Å². The Balaban J connectivity index is 1.37. The van der Waals surface area contributed by atoms with E-state index in [4.69, 9.17) is 11.6 Å². The lowest BCUT2D eigenvalue weighted by Crippen LogP contribution is -2.55. The van der Waals surface area contributed by atoms with Crippen molar-refractivity contribution in [1.82, 2.24) is 20.2 Å². The topological polar surface area (TPSA) is 104 Å². The number of piperidine rings is 1. The predicted molar refractivity (Wildman–Crippen MR) is 123 cm³/mol. The highest BCUT2D eigenvalue weighted by atomic mass is 35.5. The third-order valence-corrected chi connectivity index (χ3v) is 6.23. The van der Waals surface area contributed by atoms with Gasteiger partial charge in [-0.1, -0.05) is 29.8 Å². The van der Waals surface area contributed by atoms with Crippen molar-refractivity contribution in [3.63, 3.8) is 0 Å². The van der Waals surface area contributed by atoms with Crippen LogP contribution in [0.2, 0.25) is 5.02 Å². The fourth-order valence-corrected chi connectivity index (χ4v) is 4.41. The van der Waals surface area contributed by atoms with E-state index in [1.807, 2.05) is 18.2 Å². The average molecular weight is 462 g/mol. The minimum atomic E-state index is -0.676. The van der Waals surface area contributed by atoms with Gasteiger partial charge < -0.3 is 15.5 Å². The highest BCUT2D eigenvalue weighted by Gasteiger charge is 2.40. The minimum Gasteiger partial charge on any atom is -0.348 e. The molecule has 166 valence electrons. The van der Waals surface area contributed by atoms with Crippen LogP contribution in [0.25, 0.3) is 11.1 Å². The van der Waals surface area contributed by atoms with Crippen molar-refractivity contribution in [1.29, 1.82) is 0 Å². The van der Waals surface area contributed by atoms with Crippen LogP contribution in [-0.4, -0.2) is 51.2 Å². The molecule has 2 aromatic carbocycles. The van der Waals surface area contributed by atoms with E-state index in [9.17, 15) is 14.4 Å². The maximum Gasteiger partial charge on any atom is 0.271 e. The number of anilines is 1. The molecule has 0 radical (unpaired) electrons. The maximum atomic E-state index is 13.4. The summed E-state index contributed by atoms with van der Waals surface area (Å²) in [6, 6.07) is 11.8. The Labute approximate surface area is 195 Å². The SMILES string of the molecule is O=C(NC1CCN2C(=O)c3cc(-c4ccc(Cl)cc4)ccc3NC(=O)C2C1)c1cnccn1. The summed E-state index contributed by atoms with van der Waals surface area (Å²) in [4.78, 5) is 48.4. The number of carbonyl (C=O) groups excluding carboxylic acids is 3. The number of hydrogen-bond donors (Lipinski definition) is 2. The van der Waals surface area contributed by atoms with E-state index >= 15 is 0 Å². The Kier molecular flexibility index (Phi) is 5.51. The summed E-state index contributed by atoms with van der Waals surface area (Å²) in [5.74, 6) is -0.819. The molecule has 2 N–H and O–H groups in total. The van der Waals surface area contributed by atoms with Crippen molar-refractivity contribution >= 4 is 35.0 Å². The normalized spacial score (nSPS) is 19.7. The van der Waals surface area contributed by atoms with Gasteiger partial charge in [0.1, 0.15) is 11.7 Å². The van der Waals surface area contributed by atoms with Crippen LogP contribution in [-0.2, 0) is 4.79 Å². The number of fused-ring (bicyclic) bond motifs is 2. The molecule has 3 amide bonds. The molecule has 2 atom stereocenters. The quantitative estimate of drug-likeness (QED) is 0.623. The molecule has 0 spiro atoms. The molecule has 0 bridgehead atoms. The third-order valence-electron chi connectivity index (χ3n) is 5.98. The standard InChI is InChI=1S/C24H20ClN5O3/c25-16-4-1-14(2-5-16)15-3-6-19-18(11-15)24(33)30-10-7-17(12-21(30)23(32)29-19)28-22(31)20-13-26-8-9-27-20/h1-6,8-9,11,13,17,21H,7,10,12H2,(H,28,31)(H,29,32). The molecule has 2 aliphatic heterocycles. The maximum absolute atomic E-state index is 13.4. The molecule has 0 saturated carbocycles. The summed E-state index contributed by atoms with van der Waals surface area (Å²) < 4.78 is 0. The van der Waals surface area contributed by atoms with Crippen molar-refractivity contribution in [2.45, 2.75) is 24.9 Å². The Hall–Kier alpha value is -3.78. The first-order valence-corrected chi connectivity index (χ1v) is 11.0. The summed E-state index contributed by atoms with van der Waals surface area (Å²) in [6.45, 7) is 0.354. The fourth-order valence-electron chi connectivity index (χ4n) is 4.29. The molecule has 1 fully saturated rings. The zero-order chi connectivity index (χ0) is 22.9.